The van der Waals surface area contributed by atoms with Crippen molar-refractivity contribution in [1.82, 2.24) is 4.90 Å². The molecule has 0 saturated carbocycles. The average molecular weight is 318 g/mol. The van der Waals surface area contributed by atoms with Gasteiger partial charge in [-0.05, 0) is 41.5 Å². The molecule has 0 amide bonds. The molecular weight excluding hydrogens is 297 g/mol. The highest BCUT2D eigenvalue weighted by molar-refractivity contribution is 9.10. The second kappa shape index (κ2) is 5.89. The SMILES string of the molecule is CN(C)CC(C)(C)CNc1cc(F)c(Br)cc1N. The van der Waals surface area contributed by atoms with E-state index in [1.165, 1.54) is 6.07 Å². The van der Waals surface area contributed by atoms with Crippen LogP contribution in [0, 0.1) is 11.2 Å². The number of hydrogen-bond acceptors (Lipinski definition) is 3. The van der Waals surface area contributed by atoms with E-state index in [1.54, 1.807) is 6.07 Å². The first-order chi connectivity index (χ1) is 8.21. The maximum atomic E-state index is 13.4. The van der Waals surface area contributed by atoms with Crippen LogP contribution in [0.2, 0.25) is 0 Å². The van der Waals surface area contributed by atoms with E-state index in [9.17, 15) is 4.39 Å². The summed E-state index contributed by atoms with van der Waals surface area (Å²) in [6.45, 7) is 5.99. The number of hydrogen-bond donors (Lipinski definition) is 2. The number of halogens is 2. The van der Waals surface area contributed by atoms with Crippen LogP contribution in [0.1, 0.15) is 13.8 Å². The van der Waals surface area contributed by atoms with Crippen molar-refractivity contribution < 1.29 is 4.39 Å². The van der Waals surface area contributed by atoms with Crippen LogP contribution < -0.4 is 11.1 Å². The summed E-state index contributed by atoms with van der Waals surface area (Å²) in [6, 6.07) is 3.00. The Labute approximate surface area is 117 Å². The lowest BCUT2D eigenvalue weighted by molar-refractivity contribution is 0.254. The van der Waals surface area contributed by atoms with E-state index in [0.717, 1.165) is 13.1 Å². The average Bonchev–Trinajstić information content (AvgIpc) is 2.19. The van der Waals surface area contributed by atoms with E-state index in [4.69, 9.17) is 5.73 Å². The smallest absolute Gasteiger partial charge is 0.139 e. The summed E-state index contributed by atoms with van der Waals surface area (Å²) >= 11 is 3.11. The zero-order valence-corrected chi connectivity index (χ0v) is 12.9. The fraction of sp³-hybridized carbons (Fsp3) is 0.538. The van der Waals surface area contributed by atoms with Crippen LogP contribution in [0.4, 0.5) is 15.8 Å². The standard InChI is InChI=1S/C13H21BrFN3/c1-13(2,8-18(3)4)7-17-12-6-10(15)9(14)5-11(12)16/h5-6,17H,7-8,16H2,1-4H3. The van der Waals surface area contributed by atoms with Crippen LogP contribution in [0.3, 0.4) is 0 Å². The van der Waals surface area contributed by atoms with Crippen molar-refractivity contribution in [3.05, 3.63) is 22.4 Å². The maximum Gasteiger partial charge on any atom is 0.139 e. The Morgan fingerprint density at radius 1 is 1.39 bits per heavy atom. The Balaban J connectivity index is 2.72. The van der Waals surface area contributed by atoms with Crippen molar-refractivity contribution >= 4 is 27.3 Å². The van der Waals surface area contributed by atoms with Gasteiger partial charge in [0.2, 0.25) is 0 Å². The minimum absolute atomic E-state index is 0.0828. The number of nitrogens with two attached hydrogens (primary N) is 1. The minimum Gasteiger partial charge on any atom is -0.397 e. The molecule has 1 aromatic rings. The van der Waals surface area contributed by atoms with E-state index in [1.807, 2.05) is 14.1 Å². The maximum absolute atomic E-state index is 13.4. The summed E-state index contributed by atoms with van der Waals surface area (Å²) in [4.78, 5) is 2.13. The lowest BCUT2D eigenvalue weighted by atomic mass is 9.93. The van der Waals surface area contributed by atoms with Crippen LogP contribution in [0.25, 0.3) is 0 Å². The molecule has 0 aliphatic rings. The molecule has 0 fully saturated rings. The molecule has 0 aromatic heterocycles. The van der Waals surface area contributed by atoms with Crippen molar-refractivity contribution in [2.45, 2.75) is 13.8 Å². The quantitative estimate of drug-likeness (QED) is 0.820. The van der Waals surface area contributed by atoms with Gasteiger partial charge in [-0.1, -0.05) is 13.8 Å². The van der Waals surface area contributed by atoms with E-state index < -0.39 is 0 Å². The zero-order chi connectivity index (χ0) is 13.9. The van der Waals surface area contributed by atoms with Gasteiger partial charge in [0.05, 0.1) is 15.8 Å². The second-order valence-corrected chi connectivity index (χ2v) is 6.46. The highest BCUT2D eigenvalue weighted by atomic mass is 79.9. The molecule has 0 aliphatic carbocycles. The molecule has 1 aromatic carbocycles. The highest BCUT2D eigenvalue weighted by Crippen LogP contribution is 2.27. The largest absolute Gasteiger partial charge is 0.397 e. The number of anilines is 2. The first kappa shape index (κ1) is 15.2. The van der Waals surface area contributed by atoms with Crippen LogP contribution in [0.15, 0.2) is 16.6 Å². The molecule has 102 valence electrons. The van der Waals surface area contributed by atoms with Gasteiger partial charge < -0.3 is 16.0 Å². The molecule has 0 saturated heterocycles. The molecule has 0 heterocycles. The fourth-order valence-electron chi connectivity index (χ4n) is 1.96. The number of nitrogens with zero attached hydrogens (tertiary/aromatic N) is 1. The normalized spacial score (nSPS) is 11.9. The topological polar surface area (TPSA) is 41.3 Å². The lowest BCUT2D eigenvalue weighted by Gasteiger charge is -2.29. The van der Waals surface area contributed by atoms with Crippen molar-refractivity contribution in [3.8, 4) is 0 Å². The van der Waals surface area contributed by atoms with E-state index in [0.29, 0.717) is 15.8 Å². The van der Waals surface area contributed by atoms with E-state index in [2.05, 4.69) is 40.0 Å². The van der Waals surface area contributed by atoms with Gasteiger partial charge in [-0.25, -0.2) is 4.39 Å². The summed E-state index contributed by atoms with van der Waals surface area (Å²) in [5.41, 5.74) is 7.12. The Morgan fingerprint density at radius 2 is 2.00 bits per heavy atom. The first-order valence-electron chi connectivity index (χ1n) is 5.84. The second-order valence-electron chi connectivity index (χ2n) is 5.61. The molecule has 0 spiro atoms. The molecule has 0 unspecified atom stereocenters. The number of rotatable bonds is 5. The van der Waals surface area contributed by atoms with Crippen LogP contribution in [-0.4, -0.2) is 32.1 Å². The van der Waals surface area contributed by atoms with Crippen molar-refractivity contribution in [1.29, 1.82) is 0 Å². The van der Waals surface area contributed by atoms with E-state index >= 15 is 0 Å². The summed E-state index contributed by atoms with van der Waals surface area (Å²) in [5.74, 6) is -0.308. The molecule has 0 radical (unpaired) electrons. The predicted molar refractivity (Wildman–Crippen MR) is 79.3 cm³/mol. The third-order valence-corrected chi connectivity index (χ3v) is 3.20. The molecule has 3 nitrogen and oxygen atoms in total. The number of nitrogen functional groups attached to an aromatic ring is 1. The molecular formula is C13H21BrFN3. The highest BCUT2D eigenvalue weighted by Gasteiger charge is 2.19. The lowest BCUT2D eigenvalue weighted by Crippen LogP contribution is -2.34. The van der Waals surface area contributed by atoms with Crippen molar-refractivity contribution in [2.75, 3.05) is 38.2 Å². The molecule has 0 atom stereocenters. The predicted octanol–water partition coefficient (Wildman–Crippen LogP) is 3.17. The summed E-state index contributed by atoms with van der Waals surface area (Å²) in [5, 5.41) is 3.21. The van der Waals surface area contributed by atoms with Gasteiger partial charge in [0.1, 0.15) is 5.82 Å². The Bertz CT molecular complexity index is 419. The minimum atomic E-state index is -0.308. The first-order valence-corrected chi connectivity index (χ1v) is 6.64. The van der Waals surface area contributed by atoms with Crippen molar-refractivity contribution in [3.63, 3.8) is 0 Å². The Morgan fingerprint density at radius 3 is 2.56 bits per heavy atom. The molecule has 1 rings (SSSR count). The Kier molecular flexibility index (Phi) is 4.99. The third-order valence-electron chi connectivity index (χ3n) is 2.59. The van der Waals surface area contributed by atoms with Gasteiger partial charge in [-0.2, -0.15) is 0 Å². The van der Waals surface area contributed by atoms with Gasteiger partial charge in [0, 0.05) is 19.2 Å². The number of benzene rings is 1. The Hall–Kier alpha value is -0.810. The molecule has 0 bridgehead atoms. The van der Waals surface area contributed by atoms with Gasteiger partial charge in [-0.15, -0.1) is 0 Å². The number of nitrogens with one attached hydrogen (secondary N) is 1. The third kappa shape index (κ3) is 4.46. The van der Waals surface area contributed by atoms with E-state index in [-0.39, 0.29) is 11.2 Å². The van der Waals surface area contributed by atoms with Gasteiger partial charge in [-0.3, -0.25) is 0 Å². The summed E-state index contributed by atoms with van der Waals surface area (Å²) < 4.78 is 13.8. The van der Waals surface area contributed by atoms with Gasteiger partial charge in [0.25, 0.3) is 0 Å². The van der Waals surface area contributed by atoms with Crippen molar-refractivity contribution in [2.24, 2.45) is 5.41 Å². The molecule has 3 N–H and O–H groups in total. The zero-order valence-electron chi connectivity index (χ0n) is 11.3. The monoisotopic (exact) mass is 317 g/mol. The molecule has 0 aliphatic heterocycles. The van der Waals surface area contributed by atoms with Crippen LogP contribution >= 0.6 is 15.9 Å². The fourth-order valence-corrected chi connectivity index (χ4v) is 2.32. The van der Waals surface area contributed by atoms with Gasteiger partial charge >= 0.3 is 0 Å². The molecule has 18 heavy (non-hydrogen) atoms. The van der Waals surface area contributed by atoms with Crippen LogP contribution in [-0.2, 0) is 0 Å². The van der Waals surface area contributed by atoms with Crippen LogP contribution in [0.5, 0.6) is 0 Å². The summed E-state index contributed by atoms with van der Waals surface area (Å²) in [6.07, 6.45) is 0. The van der Waals surface area contributed by atoms with Gasteiger partial charge in [0.15, 0.2) is 0 Å². The molecule has 5 heteroatoms. The summed E-state index contributed by atoms with van der Waals surface area (Å²) in [7, 11) is 4.07.